The van der Waals surface area contributed by atoms with E-state index >= 15 is 0 Å². The fourth-order valence-electron chi connectivity index (χ4n) is 1.56. The molecule has 0 amide bonds. The number of halogens is 1. The van der Waals surface area contributed by atoms with Crippen LogP contribution in [-0.4, -0.2) is 15.0 Å². The summed E-state index contributed by atoms with van der Waals surface area (Å²) >= 11 is 9.07. The first-order chi connectivity index (χ1) is 8.72. The van der Waals surface area contributed by atoms with Gasteiger partial charge in [-0.05, 0) is 36.4 Å². The zero-order valence-corrected chi connectivity index (χ0v) is 11.8. The highest BCUT2D eigenvalue weighted by molar-refractivity contribution is 8.01. The molecular weight excluding hydrogens is 286 g/mol. The number of para-hydroxylation sites is 1. The molecule has 2 aromatic heterocycles. The van der Waals surface area contributed by atoms with Crippen molar-refractivity contribution in [2.75, 3.05) is 0 Å². The van der Waals surface area contributed by atoms with Crippen molar-refractivity contribution in [2.24, 2.45) is 0 Å². The van der Waals surface area contributed by atoms with Crippen LogP contribution in [0.5, 0.6) is 0 Å². The van der Waals surface area contributed by atoms with Crippen LogP contribution in [-0.2, 0) is 0 Å². The van der Waals surface area contributed by atoms with Crippen LogP contribution in [0.3, 0.4) is 0 Å². The molecule has 0 aliphatic carbocycles. The Morgan fingerprint density at radius 1 is 1.17 bits per heavy atom. The Morgan fingerprint density at radius 3 is 2.78 bits per heavy atom. The van der Waals surface area contributed by atoms with Crippen LogP contribution < -0.4 is 0 Å². The summed E-state index contributed by atoms with van der Waals surface area (Å²) in [6, 6.07) is 7.83. The third-order valence-corrected chi connectivity index (χ3v) is 4.55. The molecule has 0 N–H and O–H groups in total. The van der Waals surface area contributed by atoms with E-state index < -0.39 is 0 Å². The van der Waals surface area contributed by atoms with E-state index in [-0.39, 0.29) is 5.28 Å². The predicted molar refractivity (Wildman–Crippen MR) is 75.5 cm³/mol. The fourth-order valence-corrected chi connectivity index (χ4v) is 3.65. The molecule has 3 nitrogen and oxygen atoms in total. The van der Waals surface area contributed by atoms with Crippen LogP contribution >= 0.6 is 34.7 Å². The lowest BCUT2D eigenvalue weighted by molar-refractivity contribution is 1.09. The molecule has 0 unspecified atom stereocenters. The van der Waals surface area contributed by atoms with E-state index in [4.69, 9.17) is 11.6 Å². The van der Waals surface area contributed by atoms with Crippen LogP contribution in [0.1, 0.15) is 5.69 Å². The number of aromatic nitrogens is 3. The molecule has 0 aliphatic rings. The molecule has 0 spiro atoms. The Bertz CT molecular complexity index is 711. The minimum absolute atomic E-state index is 0.268. The van der Waals surface area contributed by atoms with E-state index in [0.717, 1.165) is 26.0 Å². The van der Waals surface area contributed by atoms with Gasteiger partial charge in [0, 0.05) is 16.5 Å². The molecule has 0 aliphatic heterocycles. The third-order valence-electron chi connectivity index (χ3n) is 2.32. The fraction of sp³-hybridized carbons (Fsp3) is 0.0833. The van der Waals surface area contributed by atoms with E-state index in [2.05, 4.69) is 15.0 Å². The minimum atomic E-state index is 0.268. The van der Waals surface area contributed by atoms with Gasteiger partial charge in [-0.25, -0.2) is 15.0 Å². The Labute approximate surface area is 117 Å². The molecule has 0 bridgehead atoms. The standard InChI is InChI=1S/C12H8ClN3S2/c1-7-6-17-12(14-7)18-10-8-4-2-3-5-9(8)15-11(13)16-10/h2-6H,1H3. The second kappa shape index (κ2) is 4.84. The molecule has 6 heteroatoms. The number of hydrogen-bond acceptors (Lipinski definition) is 5. The molecule has 90 valence electrons. The molecule has 0 saturated heterocycles. The predicted octanol–water partition coefficient (Wildman–Crippen LogP) is 4.20. The second-order valence-electron chi connectivity index (χ2n) is 3.67. The van der Waals surface area contributed by atoms with Gasteiger partial charge in [0.2, 0.25) is 5.28 Å². The van der Waals surface area contributed by atoms with Gasteiger partial charge in [-0.1, -0.05) is 18.2 Å². The summed E-state index contributed by atoms with van der Waals surface area (Å²) in [6.07, 6.45) is 0. The average molecular weight is 294 g/mol. The monoisotopic (exact) mass is 293 g/mol. The second-order valence-corrected chi connectivity index (χ2v) is 6.10. The number of rotatable bonds is 2. The molecule has 0 radical (unpaired) electrons. The lowest BCUT2D eigenvalue weighted by Gasteiger charge is -2.03. The van der Waals surface area contributed by atoms with Gasteiger partial charge in [-0.15, -0.1) is 11.3 Å². The van der Waals surface area contributed by atoms with Gasteiger partial charge in [0.05, 0.1) is 5.52 Å². The summed E-state index contributed by atoms with van der Waals surface area (Å²) in [6.45, 7) is 1.98. The van der Waals surface area contributed by atoms with Crippen LogP contribution in [0.25, 0.3) is 10.9 Å². The Morgan fingerprint density at radius 2 is 2.00 bits per heavy atom. The van der Waals surface area contributed by atoms with Gasteiger partial charge in [-0.3, -0.25) is 0 Å². The number of thiazole rings is 1. The van der Waals surface area contributed by atoms with Crippen LogP contribution in [0.2, 0.25) is 5.28 Å². The first-order valence-corrected chi connectivity index (χ1v) is 7.32. The SMILES string of the molecule is Cc1csc(Sc2nc(Cl)nc3ccccc23)n1. The summed E-state index contributed by atoms with van der Waals surface area (Å²) in [4.78, 5) is 12.9. The van der Waals surface area contributed by atoms with Gasteiger partial charge in [-0.2, -0.15) is 0 Å². The maximum absolute atomic E-state index is 5.94. The molecule has 3 rings (SSSR count). The van der Waals surface area contributed by atoms with Crippen LogP contribution in [0.4, 0.5) is 0 Å². The van der Waals surface area contributed by atoms with Crippen molar-refractivity contribution < 1.29 is 0 Å². The minimum Gasteiger partial charge on any atom is -0.235 e. The summed E-state index contributed by atoms with van der Waals surface area (Å²) < 4.78 is 0.965. The smallest absolute Gasteiger partial charge is 0.224 e. The number of hydrogen-bond donors (Lipinski definition) is 0. The van der Waals surface area contributed by atoms with Crippen molar-refractivity contribution in [2.45, 2.75) is 16.3 Å². The zero-order valence-electron chi connectivity index (χ0n) is 9.42. The molecule has 2 heterocycles. The third kappa shape index (κ3) is 2.34. The van der Waals surface area contributed by atoms with Gasteiger partial charge >= 0.3 is 0 Å². The molecule has 0 fully saturated rings. The molecule has 1 aromatic carbocycles. The number of nitrogens with zero attached hydrogens (tertiary/aromatic N) is 3. The normalized spacial score (nSPS) is 11.0. The lowest BCUT2D eigenvalue weighted by atomic mass is 10.2. The summed E-state index contributed by atoms with van der Waals surface area (Å²) in [5, 5.41) is 4.14. The van der Waals surface area contributed by atoms with Gasteiger partial charge < -0.3 is 0 Å². The van der Waals surface area contributed by atoms with E-state index in [0.29, 0.717) is 0 Å². The van der Waals surface area contributed by atoms with Gasteiger partial charge in [0.15, 0.2) is 4.34 Å². The summed E-state index contributed by atoms with van der Waals surface area (Å²) in [7, 11) is 0. The maximum atomic E-state index is 5.94. The molecule has 0 atom stereocenters. The Balaban J connectivity index is 2.10. The van der Waals surface area contributed by atoms with Crippen molar-refractivity contribution in [3.05, 3.63) is 40.6 Å². The zero-order chi connectivity index (χ0) is 12.5. The molecule has 3 aromatic rings. The number of fused-ring (bicyclic) bond motifs is 1. The Hall–Kier alpha value is -1.17. The first-order valence-electron chi connectivity index (χ1n) is 5.24. The highest BCUT2D eigenvalue weighted by Gasteiger charge is 2.09. The number of aryl methyl sites for hydroxylation is 1. The molecule has 0 saturated carbocycles. The van der Waals surface area contributed by atoms with E-state index in [1.54, 1.807) is 11.3 Å². The van der Waals surface area contributed by atoms with Crippen molar-refractivity contribution in [1.82, 2.24) is 15.0 Å². The largest absolute Gasteiger partial charge is 0.235 e. The molecule has 18 heavy (non-hydrogen) atoms. The van der Waals surface area contributed by atoms with E-state index in [9.17, 15) is 0 Å². The quantitative estimate of drug-likeness (QED) is 0.524. The maximum Gasteiger partial charge on any atom is 0.224 e. The lowest BCUT2D eigenvalue weighted by Crippen LogP contribution is -1.89. The van der Waals surface area contributed by atoms with Crippen molar-refractivity contribution >= 4 is 45.6 Å². The topological polar surface area (TPSA) is 38.7 Å². The summed E-state index contributed by atoms with van der Waals surface area (Å²) in [5.74, 6) is 0. The number of benzene rings is 1. The van der Waals surface area contributed by atoms with Crippen molar-refractivity contribution in [1.29, 1.82) is 0 Å². The first kappa shape index (κ1) is 11.9. The van der Waals surface area contributed by atoms with Crippen molar-refractivity contribution in [3.63, 3.8) is 0 Å². The van der Waals surface area contributed by atoms with Crippen LogP contribution in [0.15, 0.2) is 39.0 Å². The Kier molecular flexibility index (Phi) is 3.20. The average Bonchev–Trinajstić information content (AvgIpc) is 2.74. The van der Waals surface area contributed by atoms with E-state index in [1.807, 2.05) is 36.6 Å². The van der Waals surface area contributed by atoms with Gasteiger partial charge in [0.25, 0.3) is 0 Å². The van der Waals surface area contributed by atoms with Gasteiger partial charge in [0.1, 0.15) is 5.03 Å². The highest BCUT2D eigenvalue weighted by Crippen LogP contribution is 2.33. The van der Waals surface area contributed by atoms with Crippen LogP contribution in [0, 0.1) is 6.92 Å². The van der Waals surface area contributed by atoms with Crippen molar-refractivity contribution in [3.8, 4) is 0 Å². The molecular formula is C12H8ClN3S2. The van der Waals surface area contributed by atoms with E-state index in [1.165, 1.54) is 11.8 Å². The highest BCUT2D eigenvalue weighted by atomic mass is 35.5. The summed E-state index contributed by atoms with van der Waals surface area (Å²) in [5.41, 5.74) is 1.88.